The summed E-state index contributed by atoms with van der Waals surface area (Å²) in [7, 11) is 0. The van der Waals surface area contributed by atoms with Crippen molar-refractivity contribution in [2.45, 2.75) is 50.3 Å². The number of hydrogen-bond donors (Lipinski definition) is 1. The van der Waals surface area contributed by atoms with Crippen molar-refractivity contribution in [2.75, 3.05) is 19.7 Å². The van der Waals surface area contributed by atoms with Crippen LogP contribution < -0.4 is 4.74 Å². The van der Waals surface area contributed by atoms with Crippen molar-refractivity contribution < 1.29 is 27.8 Å². The molecule has 0 saturated carbocycles. The van der Waals surface area contributed by atoms with E-state index >= 15 is 0 Å². The topological polar surface area (TPSA) is 54.8 Å². The lowest BCUT2D eigenvalue weighted by atomic mass is 9.84. The second kappa shape index (κ2) is 8.22. The Hall–Kier alpha value is -1.68. The molecule has 3 heterocycles. The molecule has 158 valence electrons. The van der Waals surface area contributed by atoms with E-state index in [-0.39, 0.29) is 11.9 Å². The number of hydrogen-bond acceptors (Lipinski definition) is 6. The lowest BCUT2D eigenvalue weighted by Crippen LogP contribution is -2.42. The molecule has 0 bridgehead atoms. The standard InChI is InChI=1S/C20H23F3N2O3S/c21-20(22,23)28-16-4-1-3-14(11-16)19(26)6-8-25(9-7-19)12-15-13-29-18(24-15)17-5-2-10-27-17/h1,3-4,11,13,17,26H,2,5-10,12H2. The largest absolute Gasteiger partial charge is 0.573 e. The molecule has 4 rings (SSSR count). The third-order valence-electron chi connectivity index (χ3n) is 5.45. The maximum atomic E-state index is 12.5. The summed E-state index contributed by atoms with van der Waals surface area (Å²) in [6, 6.07) is 5.64. The average Bonchev–Trinajstić information content (AvgIpc) is 3.34. The SMILES string of the molecule is OC1(c2cccc(OC(F)(F)F)c2)CCN(Cc2csc(C3CCCO3)n2)CC1. The summed E-state index contributed by atoms with van der Waals surface area (Å²) in [5.74, 6) is -0.310. The summed E-state index contributed by atoms with van der Waals surface area (Å²) < 4.78 is 47.1. The Morgan fingerprint density at radius 1 is 1.31 bits per heavy atom. The van der Waals surface area contributed by atoms with E-state index in [1.807, 2.05) is 0 Å². The van der Waals surface area contributed by atoms with Gasteiger partial charge in [-0.15, -0.1) is 24.5 Å². The van der Waals surface area contributed by atoms with Gasteiger partial charge in [-0.2, -0.15) is 0 Å². The predicted molar refractivity (Wildman–Crippen MR) is 102 cm³/mol. The van der Waals surface area contributed by atoms with Gasteiger partial charge < -0.3 is 14.6 Å². The summed E-state index contributed by atoms with van der Waals surface area (Å²) >= 11 is 1.62. The van der Waals surface area contributed by atoms with Gasteiger partial charge in [0, 0.05) is 31.6 Å². The van der Waals surface area contributed by atoms with E-state index in [0.29, 0.717) is 38.0 Å². The molecule has 5 nitrogen and oxygen atoms in total. The van der Waals surface area contributed by atoms with Crippen LogP contribution in [0.15, 0.2) is 29.6 Å². The number of piperidine rings is 1. The van der Waals surface area contributed by atoms with Gasteiger partial charge in [-0.3, -0.25) is 4.90 Å². The number of thiazole rings is 1. The highest BCUT2D eigenvalue weighted by Gasteiger charge is 2.36. The zero-order chi connectivity index (χ0) is 20.5. The highest BCUT2D eigenvalue weighted by atomic mass is 32.1. The molecular weight excluding hydrogens is 405 g/mol. The average molecular weight is 428 g/mol. The van der Waals surface area contributed by atoms with Crippen LogP contribution in [0.4, 0.5) is 13.2 Å². The molecule has 1 aromatic carbocycles. The van der Waals surface area contributed by atoms with Gasteiger partial charge in [-0.25, -0.2) is 4.98 Å². The molecule has 1 unspecified atom stereocenters. The molecule has 2 aliphatic rings. The Bertz CT molecular complexity index is 828. The molecule has 29 heavy (non-hydrogen) atoms. The van der Waals surface area contributed by atoms with Crippen molar-refractivity contribution in [1.82, 2.24) is 9.88 Å². The number of aliphatic hydroxyl groups is 1. The number of alkyl halides is 3. The molecular formula is C20H23F3N2O3S. The molecule has 2 fully saturated rings. The van der Waals surface area contributed by atoms with Crippen LogP contribution in [0.3, 0.4) is 0 Å². The maximum Gasteiger partial charge on any atom is 0.573 e. The molecule has 2 aliphatic heterocycles. The Morgan fingerprint density at radius 2 is 2.10 bits per heavy atom. The van der Waals surface area contributed by atoms with Gasteiger partial charge in [0.25, 0.3) is 0 Å². The first kappa shape index (κ1) is 20.6. The van der Waals surface area contributed by atoms with Gasteiger partial charge in [0.15, 0.2) is 0 Å². The molecule has 0 radical (unpaired) electrons. The van der Waals surface area contributed by atoms with E-state index in [1.54, 1.807) is 17.4 Å². The molecule has 1 aromatic heterocycles. The lowest BCUT2D eigenvalue weighted by Gasteiger charge is -2.38. The second-order valence-corrected chi connectivity index (χ2v) is 8.45. The van der Waals surface area contributed by atoms with Gasteiger partial charge in [0.2, 0.25) is 0 Å². The van der Waals surface area contributed by atoms with Gasteiger partial charge in [-0.05, 0) is 43.4 Å². The van der Waals surface area contributed by atoms with E-state index in [9.17, 15) is 18.3 Å². The van der Waals surface area contributed by atoms with E-state index in [2.05, 4.69) is 15.0 Å². The molecule has 1 atom stereocenters. The minimum atomic E-state index is -4.75. The number of nitrogens with zero attached hydrogens (tertiary/aromatic N) is 2. The van der Waals surface area contributed by atoms with E-state index < -0.39 is 12.0 Å². The smallest absolute Gasteiger partial charge is 0.406 e. The second-order valence-electron chi connectivity index (χ2n) is 7.56. The zero-order valence-corrected chi connectivity index (χ0v) is 16.6. The van der Waals surface area contributed by atoms with Crippen molar-refractivity contribution in [3.8, 4) is 5.75 Å². The summed E-state index contributed by atoms with van der Waals surface area (Å²) in [6.45, 7) is 2.75. The number of halogens is 3. The van der Waals surface area contributed by atoms with Crippen LogP contribution in [0.2, 0.25) is 0 Å². The van der Waals surface area contributed by atoms with Crippen LogP contribution in [-0.2, 0) is 16.9 Å². The Morgan fingerprint density at radius 3 is 2.79 bits per heavy atom. The summed E-state index contributed by atoms with van der Waals surface area (Å²) in [5.41, 5.74) is 0.284. The Labute approximate surface area is 171 Å². The molecule has 9 heteroatoms. The quantitative estimate of drug-likeness (QED) is 0.766. The fourth-order valence-electron chi connectivity index (χ4n) is 3.90. The first-order valence-corrected chi connectivity index (χ1v) is 10.6. The fraction of sp³-hybridized carbons (Fsp3) is 0.550. The van der Waals surface area contributed by atoms with Gasteiger partial charge >= 0.3 is 6.36 Å². The highest BCUT2D eigenvalue weighted by molar-refractivity contribution is 7.09. The van der Waals surface area contributed by atoms with Crippen LogP contribution >= 0.6 is 11.3 Å². The summed E-state index contributed by atoms with van der Waals surface area (Å²) in [4.78, 5) is 6.90. The predicted octanol–water partition coefficient (Wildman–Crippen LogP) is 4.38. The van der Waals surface area contributed by atoms with Crippen LogP contribution in [0.1, 0.15) is 48.1 Å². The molecule has 0 aliphatic carbocycles. The van der Waals surface area contributed by atoms with Crippen LogP contribution in [0.5, 0.6) is 5.75 Å². The number of likely N-dealkylation sites (tertiary alicyclic amines) is 1. The fourth-order valence-corrected chi connectivity index (χ4v) is 4.79. The van der Waals surface area contributed by atoms with Crippen molar-refractivity contribution in [3.63, 3.8) is 0 Å². The number of ether oxygens (including phenoxy) is 2. The monoisotopic (exact) mass is 428 g/mol. The van der Waals surface area contributed by atoms with E-state index in [4.69, 9.17) is 9.72 Å². The van der Waals surface area contributed by atoms with Crippen molar-refractivity contribution >= 4 is 11.3 Å². The molecule has 0 amide bonds. The molecule has 2 aromatic rings. The Balaban J connectivity index is 1.35. The Kier molecular flexibility index (Phi) is 5.83. The first-order chi connectivity index (χ1) is 13.8. The minimum absolute atomic E-state index is 0.117. The van der Waals surface area contributed by atoms with Gasteiger partial charge in [0.1, 0.15) is 16.9 Å². The maximum absolute atomic E-state index is 12.5. The number of aromatic nitrogens is 1. The summed E-state index contributed by atoms with van der Waals surface area (Å²) in [6.07, 6.45) is -1.68. The van der Waals surface area contributed by atoms with Crippen molar-refractivity contribution in [2.24, 2.45) is 0 Å². The number of benzene rings is 1. The van der Waals surface area contributed by atoms with E-state index in [0.717, 1.165) is 30.2 Å². The number of rotatable bonds is 5. The van der Waals surface area contributed by atoms with Crippen LogP contribution in [0, 0.1) is 0 Å². The van der Waals surface area contributed by atoms with Gasteiger partial charge in [0.05, 0.1) is 11.3 Å². The molecule has 0 spiro atoms. The third kappa shape index (κ3) is 5.09. The highest BCUT2D eigenvalue weighted by Crippen LogP contribution is 2.36. The third-order valence-corrected chi connectivity index (χ3v) is 6.43. The normalized spacial score (nSPS) is 22.7. The first-order valence-electron chi connectivity index (χ1n) is 9.68. The van der Waals surface area contributed by atoms with Crippen LogP contribution in [0.25, 0.3) is 0 Å². The minimum Gasteiger partial charge on any atom is -0.406 e. The molecule has 2 saturated heterocycles. The summed E-state index contributed by atoms with van der Waals surface area (Å²) in [5, 5.41) is 14.1. The lowest BCUT2D eigenvalue weighted by molar-refractivity contribution is -0.274. The zero-order valence-electron chi connectivity index (χ0n) is 15.8. The molecule has 1 N–H and O–H groups in total. The van der Waals surface area contributed by atoms with Crippen LogP contribution in [-0.4, -0.2) is 41.0 Å². The van der Waals surface area contributed by atoms with Gasteiger partial charge in [-0.1, -0.05) is 12.1 Å². The van der Waals surface area contributed by atoms with Crippen molar-refractivity contribution in [3.05, 3.63) is 45.9 Å². The van der Waals surface area contributed by atoms with E-state index in [1.165, 1.54) is 18.2 Å². The van der Waals surface area contributed by atoms with Crippen molar-refractivity contribution in [1.29, 1.82) is 0 Å².